The molecule has 0 aliphatic carbocycles. The van der Waals surface area contributed by atoms with Gasteiger partial charge in [0.05, 0.1) is 0 Å². The van der Waals surface area contributed by atoms with Crippen LogP contribution in [0.5, 0.6) is 0 Å². The zero-order valence-corrected chi connectivity index (χ0v) is 12.9. The van der Waals surface area contributed by atoms with E-state index in [0.717, 1.165) is 34.8 Å². The number of hydrogen-bond donors (Lipinski definition) is 2. The minimum Gasteiger partial charge on any atom is -0.389 e. The minimum atomic E-state index is 0.419. The number of halogens is 1. The van der Waals surface area contributed by atoms with Crippen LogP contribution in [0.15, 0.2) is 42.5 Å². The van der Waals surface area contributed by atoms with E-state index in [1.54, 1.807) is 0 Å². The fraction of sp³-hybridized carbons (Fsp3) is 0.188. The lowest BCUT2D eigenvalue weighted by Crippen LogP contribution is -2.14. The maximum absolute atomic E-state index is 5.87. The largest absolute Gasteiger partial charge is 0.389 e. The van der Waals surface area contributed by atoms with Crippen LogP contribution in [-0.4, -0.2) is 11.5 Å². The molecule has 0 bridgehead atoms. The zero-order chi connectivity index (χ0) is 14.5. The molecule has 0 spiro atoms. The Kier molecular flexibility index (Phi) is 4.99. The summed E-state index contributed by atoms with van der Waals surface area (Å²) in [6.45, 7) is 2.85. The summed E-state index contributed by atoms with van der Waals surface area (Å²) in [4.78, 5) is 0.419. The molecule has 0 aliphatic heterocycles. The average molecular weight is 305 g/mol. The molecule has 0 atom stereocenters. The van der Waals surface area contributed by atoms with Crippen LogP contribution in [-0.2, 0) is 6.42 Å². The molecule has 0 radical (unpaired) electrons. The molecule has 2 nitrogen and oxygen atoms in total. The van der Waals surface area contributed by atoms with Gasteiger partial charge in [-0.15, -0.1) is 0 Å². The third-order valence-electron chi connectivity index (χ3n) is 3.08. The average Bonchev–Trinajstić information content (AvgIpc) is 2.42. The van der Waals surface area contributed by atoms with Gasteiger partial charge in [0, 0.05) is 22.8 Å². The molecule has 0 saturated carbocycles. The summed E-state index contributed by atoms with van der Waals surface area (Å²) < 4.78 is 0. The lowest BCUT2D eigenvalue weighted by atomic mass is 10.1. The van der Waals surface area contributed by atoms with Crippen molar-refractivity contribution in [3.63, 3.8) is 0 Å². The summed E-state index contributed by atoms with van der Waals surface area (Å²) in [6.07, 6.45) is 0.918. The van der Waals surface area contributed by atoms with Crippen LogP contribution >= 0.6 is 23.8 Å². The van der Waals surface area contributed by atoms with Crippen molar-refractivity contribution >= 4 is 34.5 Å². The molecular formula is C16H17ClN2S. The second-order valence-corrected chi connectivity index (χ2v) is 5.59. The molecule has 0 aromatic heterocycles. The molecule has 0 heterocycles. The summed E-state index contributed by atoms with van der Waals surface area (Å²) in [5.74, 6) is 0. The number of rotatable bonds is 5. The molecule has 2 aromatic rings. The summed E-state index contributed by atoms with van der Waals surface area (Å²) in [6, 6.07) is 14.0. The summed E-state index contributed by atoms with van der Waals surface area (Å²) in [5, 5.41) is 4.14. The molecular weight excluding hydrogens is 288 g/mol. The Balaban J connectivity index is 2.00. The van der Waals surface area contributed by atoms with Gasteiger partial charge in [0.2, 0.25) is 0 Å². The van der Waals surface area contributed by atoms with Crippen LogP contribution in [0.25, 0.3) is 0 Å². The Morgan fingerprint density at radius 1 is 1.20 bits per heavy atom. The minimum absolute atomic E-state index is 0.419. The molecule has 2 aromatic carbocycles. The van der Waals surface area contributed by atoms with Gasteiger partial charge in [-0.05, 0) is 43.2 Å². The van der Waals surface area contributed by atoms with Gasteiger partial charge in [0.25, 0.3) is 0 Å². The third kappa shape index (κ3) is 3.95. The first-order valence-electron chi connectivity index (χ1n) is 6.45. The van der Waals surface area contributed by atoms with Gasteiger partial charge in [0.1, 0.15) is 4.99 Å². The van der Waals surface area contributed by atoms with Crippen LogP contribution < -0.4 is 11.1 Å². The monoisotopic (exact) mass is 304 g/mol. The first-order chi connectivity index (χ1) is 9.56. The highest BCUT2D eigenvalue weighted by atomic mass is 35.5. The van der Waals surface area contributed by atoms with E-state index < -0.39 is 0 Å². The van der Waals surface area contributed by atoms with Crippen molar-refractivity contribution in [2.24, 2.45) is 5.73 Å². The topological polar surface area (TPSA) is 38.0 Å². The molecule has 0 amide bonds. The summed E-state index contributed by atoms with van der Waals surface area (Å²) in [5.41, 5.74) is 10.0. The lowest BCUT2D eigenvalue weighted by Gasteiger charge is -2.12. The van der Waals surface area contributed by atoms with Gasteiger partial charge in [-0.1, -0.05) is 47.6 Å². The smallest absolute Gasteiger partial charge is 0.106 e. The predicted molar refractivity (Wildman–Crippen MR) is 90.7 cm³/mol. The van der Waals surface area contributed by atoms with Crippen molar-refractivity contribution in [1.29, 1.82) is 0 Å². The normalized spacial score (nSPS) is 10.3. The first-order valence-corrected chi connectivity index (χ1v) is 7.23. The number of benzene rings is 2. The molecule has 20 heavy (non-hydrogen) atoms. The van der Waals surface area contributed by atoms with Crippen LogP contribution in [0.3, 0.4) is 0 Å². The molecule has 0 saturated heterocycles. The van der Waals surface area contributed by atoms with Crippen molar-refractivity contribution < 1.29 is 0 Å². The summed E-state index contributed by atoms with van der Waals surface area (Å²) >= 11 is 11.0. The van der Waals surface area contributed by atoms with Gasteiger partial charge in [-0.25, -0.2) is 0 Å². The standard InChI is InChI=1S/C16H17ClN2S/c1-11-2-7-15(14(10-11)16(18)20)19-9-8-12-3-5-13(17)6-4-12/h2-7,10,19H,8-9H2,1H3,(H2,18,20). The van der Waals surface area contributed by atoms with E-state index in [-0.39, 0.29) is 0 Å². The Hall–Kier alpha value is -1.58. The van der Waals surface area contributed by atoms with Gasteiger partial charge in [0.15, 0.2) is 0 Å². The molecule has 0 fully saturated rings. The molecule has 3 N–H and O–H groups in total. The van der Waals surface area contributed by atoms with E-state index >= 15 is 0 Å². The molecule has 0 unspecified atom stereocenters. The second-order valence-electron chi connectivity index (χ2n) is 4.72. The first kappa shape index (κ1) is 14.8. The van der Waals surface area contributed by atoms with Crippen LogP contribution in [0.1, 0.15) is 16.7 Å². The van der Waals surface area contributed by atoms with Crippen molar-refractivity contribution in [2.45, 2.75) is 13.3 Å². The van der Waals surface area contributed by atoms with E-state index in [4.69, 9.17) is 29.6 Å². The molecule has 0 aliphatic rings. The molecule has 2 rings (SSSR count). The maximum Gasteiger partial charge on any atom is 0.106 e. The zero-order valence-electron chi connectivity index (χ0n) is 11.3. The fourth-order valence-electron chi connectivity index (χ4n) is 2.01. The number of anilines is 1. The number of thiocarbonyl (C=S) groups is 1. The second kappa shape index (κ2) is 6.73. The lowest BCUT2D eigenvalue weighted by molar-refractivity contribution is 1.02. The van der Waals surface area contributed by atoms with Gasteiger partial charge >= 0.3 is 0 Å². The quantitative estimate of drug-likeness (QED) is 0.822. The highest BCUT2D eigenvalue weighted by molar-refractivity contribution is 7.80. The van der Waals surface area contributed by atoms with Crippen LogP contribution in [0, 0.1) is 6.92 Å². The number of nitrogens with two attached hydrogens (primary N) is 1. The van der Waals surface area contributed by atoms with Crippen molar-refractivity contribution in [3.8, 4) is 0 Å². The van der Waals surface area contributed by atoms with E-state index in [1.165, 1.54) is 5.56 Å². The summed E-state index contributed by atoms with van der Waals surface area (Å²) in [7, 11) is 0. The fourth-order valence-corrected chi connectivity index (χ4v) is 2.30. The van der Waals surface area contributed by atoms with Gasteiger partial charge in [-0.3, -0.25) is 0 Å². The Labute approximate surface area is 130 Å². The van der Waals surface area contributed by atoms with Crippen LogP contribution in [0.4, 0.5) is 5.69 Å². The maximum atomic E-state index is 5.87. The SMILES string of the molecule is Cc1ccc(NCCc2ccc(Cl)cc2)c(C(N)=S)c1. The predicted octanol–water partition coefficient (Wildman–Crippen LogP) is 3.94. The molecule has 104 valence electrons. The van der Waals surface area contributed by atoms with Gasteiger partial charge < -0.3 is 11.1 Å². The Morgan fingerprint density at radius 3 is 2.55 bits per heavy atom. The molecule has 4 heteroatoms. The number of hydrogen-bond acceptors (Lipinski definition) is 2. The highest BCUT2D eigenvalue weighted by Gasteiger charge is 2.05. The van der Waals surface area contributed by atoms with Crippen molar-refractivity contribution in [1.82, 2.24) is 0 Å². The third-order valence-corrected chi connectivity index (χ3v) is 3.55. The van der Waals surface area contributed by atoms with Crippen LogP contribution in [0.2, 0.25) is 5.02 Å². The van der Waals surface area contributed by atoms with E-state index in [2.05, 4.69) is 5.32 Å². The number of aryl methyl sites for hydroxylation is 1. The van der Waals surface area contributed by atoms with E-state index in [0.29, 0.717) is 4.99 Å². The number of nitrogens with one attached hydrogen (secondary N) is 1. The Bertz CT molecular complexity index is 608. The van der Waals surface area contributed by atoms with E-state index in [1.807, 2.05) is 49.4 Å². The Morgan fingerprint density at radius 2 is 1.90 bits per heavy atom. The van der Waals surface area contributed by atoms with Crippen molar-refractivity contribution in [3.05, 3.63) is 64.2 Å². The van der Waals surface area contributed by atoms with E-state index in [9.17, 15) is 0 Å². The van der Waals surface area contributed by atoms with Gasteiger partial charge in [-0.2, -0.15) is 0 Å². The van der Waals surface area contributed by atoms with Crippen molar-refractivity contribution in [2.75, 3.05) is 11.9 Å². The highest BCUT2D eigenvalue weighted by Crippen LogP contribution is 2.17.